The summed E-state index contributed by atoms with van der Waals surface area (Å²) in [4.78, 5) is 20.5. The number of nitrogens with one attached hydrogen (secondary N) is 1. The molecule has 0 saturated heterocycles. The molecular formula is C20H27NO4. The molecule has 0 aromatic heterocycles. The Morgan fingerprint density at radius 3 is 2.32 bits per heavy atom. The maximum Gasteiger partial charge on any atom is 0.335 e. The van der Waals surface area contributed by atoms with Crippen molar-refractivity contribution in [2.45, 2.75) is 45.4 Å². The lowest BCUT2D eigenvalue weighted by molar-refractivity contribution is -0.109. The zero-order valence-corrected chi connectivity index (χ0v) is 14.7. The molecule has 0 bridgehead atoms. The largest absolute Gasteiger partial charge is 0.508 e. The number of unbranched alkanes of at least 4 members (excludes halogenated alkanes) is 5. The number of carboxylic acid groups (broad SMARTS) is 1. The van der Waals surface area contributed by atoms with E-state index in [1.807, 2.05) is 0 Å². The van der Waals surface area contributed by atoms with E-state index in [0.29, 0.717) is 0 Å². The van der Waals surface area contributed by atoms with Gasteiger partial charge in [-0.25, -0.2) is 4.79 Å². The van der Waals surface area contributed by atoms with E-state index in [9.17, 15) is 14.7 Å². The van der Waals surface area contributed by atoms with Crippen molar-refractivity contribution in [2.75, 3.05) is 6.54 Å². The number of amides is 1. The van der Waals surface area contributed by atoms with Crippen LogP contribution in [0.15, 0.2) is 36.4 Å². The van der Waals surface area contributed by atoms with Crippen LogP contribution in [-0.2, 0) is 4.79 Å². The van der Waals surface area contributed by atoms with E-state index < -0.39 is 5.97 Å². The average Bonchev–Trinajstić information content (AvgIpc) is 2.61. The molecule has 5 heteroatoms. The van der Waals surface area contributed by atoms with Crippen LogP contribution in [0.2, 0.25) is 0 Å². The second-order valence-corrected chi connectivity index (χ2v) is 5.89. The summed E-state index contributed by atoms with van der Waals surface area (Å²) in [5.74, 6) is -0.763. The van der Waals surface area contributed by atoms with Crippen molar-refractivity contribution in [3.05, 3.63) is 42.0 Å². The highest BCUT2D eigenvalue weighted by atomic mass is 16.4. The molecule has 136 valence electrons. The standard InChI is InChI=1S/C11H8O3.C9H19NO/c12-10-4-3-7-5-9(11(13)14)2-1-8(7)6-10;1-2-3-4-5-6-7-8-10-9-11/h1-6,12H,(H,13,14);9H,2-8H2,1H3,(H,10,11). The maximum atomic E-state index is 10.7. The van der Waals surface area contributed by atoms with Gasteiger partial charge in [-0.2, -0.15) is 0 Å². The number of aromatic hydroxyl groups is 1. The van der Waals surface area contributed by atoms with E-state index in [4.69, 9.17) is 5.11 Å². The van der Waals surface area contributed by atoms with E-state index in [-0.39, 0.29) is 11.3 Å². The molecule has 1 amide bonds. The number of carboxylic acids is 1. The molecule has 0 radical (unpaired) electrons. The summed E-state index contributed by atoms with van der Waals surface area (Å²) in [7, 11) is 0. The number of phenolic OH excluding ortho intramolecular Hbond substituents is 1. The third-order valence-corrected chi connectivity index (χ3v) is 3.83. The Labute approximate surface area is 148 Å². The fourth-order valence-electron chi connectivity index (χ4n) is 2.43. The quantitative estimate of drug-likeness (QED) is 0.466. The Morgan fingerprint density at radius 2 is 1.64 bits per heavy atom. The number of phenols is 1. The molecule has 2 aromatic rings. The second-order valence-electron chi connectivity index (χ2n) is 5.89. The summed E-state index contributed by atoms with van der Waals surface area (Å²) in [6.07, 6.45) is 8.45. The Bertz CT molecular complexity index is 670. The summed E-state index contributed by atoms with van der Waals surface area (Å²) < 4.78 is 0. The molecule has 2 rings (SSSR count). The van der Waals surface area contributed by atoms with E-state index in [2.05, 4.69) is 12.2 Å². The van der Waals surface area contributed by atoms with E-state index >= 15 is 0 Å². The van der Waals surface area contributed by atoms with Crippen LogP contribution in [0.3, 0.4) is 0 Å². The molecule has 0 aliphatic carbocycles. The van der Waals surface area contributed by atoms with E-state index in [0.717, 1.165) is 30.1 Å². The zero-order valence-electron chi connectivity index (χ0n) is 14.7. The van der Waals surface area contributed by atoms with Gasteiger partial charge in [0.25, 0.3) is 0 Å². The molecule has 0 spiro atoms. The third-order valence-electron chi connectivity index (χ3n) is 3.83. The van der Waals surface area contributed by atoms with Gasteiger partial charge in [-0.05, 0) is 41.5 Å². The number of hydrogen-bond acceptors (Lipinski definition) is 3. The predicted octanol–water partition coefficient (Wildman–Crippen LogP) is 4.34. The topological polar surface area (TPSA) is 86.6 Å². The van der Waals surface area contributed by atoms with Crippen LogP contribution in [-0.4, -0.2) is 29.1 Å². The van der Waals surface area contributed by atoms with Gasteiger partial charge in [-0.3, -0.25) is 4.79 Å². The van der Waals surface area contributed by atoms with Crippen molar-refractivity contribution in [1.82, 2.24) is 5.32 Å². The molecule has 0 saturated carbocycles. The molecule has 2 aromatic carbocycles. The molecule has 0 unspecified atom stereocenters. The fraction of sp³-hybridized carbons (Fsp3) is 0.400. The normalized spacial score (nSPS) is 9.96. The number of hydrogen-bond donors (Lipinski definition) is 3. The SMILES string of the molecule is CCCCCCCCNC=O.O=C(O)c1ccc2cc(O)ccc2c1. The lowest BCUT2D eigenvalue weighted by Gasteiger charge is -2.00. The first-order valence-corrected chi connectivity index (χ1v) is 8.71. The van der Waals surface area contributed by atoms with E-state index in [1.54, 1.807) is 24.3 Å². The second kappa shape index (κ2) is 11.9. The highest BCUT2D eigenvalue weighted by Gasteiger charge is 2.03. The Balaban J connectivity index is 0.000000260. The van der Waals surface area contributed by atoms with Gasteiger partial charge in [0.1, 0.15) is 5.75 Å². The molecule has 0 atom stereocenters. The summed E-state index contributed by atoms with van der Waals surface area (Å²) in [6.45, 7) is 3.06. The summed E-state index contributed by atoms with van der Waals surface area (Å²) >= 11 is 0. The molecule has 0 fully saturated rings. The van der Waals surface area contributed by atoms with Crippen molar-refractivity contribution in [2.24, 2.45) is 0 Å². The first-order valence-electron chi connectivity index (χ1n) is 8.71. The van der Waals surface area contributed by atoms with Gasteiger partial charge in [0, 0.05) is 6.54 Å². The van der Waals surface area contributed by atoms with Crippen LogP contribution >= 0.6 is 0 Å². The van der Waals surface area contributed by atoms with Crippen molar-refractivity contribution >= 4 is 23.2 Å². The lowest BCUT2D eigenvalue weighted by Crippen LogP contribution is -2.11. The van der Waals surface area contributed by atoms with Crippen LogP contribution in [0.1, 0.15) is 55.8 Å². The van der Waals surface area contributed by atoms with Crippen molar-refractivity contribution in [1.29, 1.82) is 0 Å². The highest BCUT2D eigenvalue weighted by molar-refractivity contribution is 5.94. The maximum absolute atomic E-state index is 10.7. The molecule has 0 aliphatic rings. The fourth-order valence-corrected chi connectivity index (χ4v) is 2.43. The first kappa shape index (κ1) is 20.5. The lowest BCUT2D eigenvalue weighted by atomic mass is 10.1. The van der Waals surface area contributed by atoms with Crippen molar-refractivity contribution < 1.29 is 19.8 Å². The van der Waals surface area contributed by atoms with Crippen LogP contribution < -0.4 is 5.32 Å². The van der Waals surface area contributed by atoms with E-state index in [1.165, 1.54) is 44.2 Å². The zero-order chi connectivity index (χ0) is 18.5. The van der Waals surface area contributed by atoms with Crippen molar-refractivity contribution in [3.8, 4) is 5.75 Å². The molecule has 0 heterocycles. The third kappa shape index (κ3) is 8.20. The Hall–Kier alpha value is -2.56. The van der Waals surface area contributed by atoms with Crippen LogP contribution in [0.25, 0.3) is 10.8 Å². The van der Waals surface area contributed by atoms with Gasteiger partial charge in [-0.15, -0.1) is 0 Å². The number of aromatic carboxylic acids is 1. The van der Waals surface area contributed by atoms with Gasteiger partial charge < -0.3 is 15.5 Å². The molecular weight excluding hydrogens is 318 g/mol. The van der Waals surface area contributed by atoms with Crippen molar-refractivity contribution in [3.63, 3.8) is 0 Å². The Kier molecular flexibility index (Phi) is 9.75. The molecule has 5 nitrogen and oxygen atoms in total. The minimum absolute atomic E-state index is 0.181. The minimum Gasteiger partial charge on any atom is -0.508 e. The summed E-state index contributed by atoms with van der Waals surface area (Å²) in [5, 5.41) is 22.2. The number of carbonyl (C=O) groups excluding carboxylic acids is 1. The first-order chi connectivity index (χ1) is 12.1. The monoisotopic (exact) mass is 345 g/mol. The van der Waals surface area contributed by atoms with Gasteiger partial charge in [0.15, 0.2) is 0 Å². The van der Waals surface area contributed by atoms with Gasteiger partial charge >= 0.3 is 5.97 Å². The number of benzene rings is 2. The highest BCUT2D eigenvalue weighted by Crippen LogP contribution is 2.20. The Morgan fingerprint density at radius 1 is 1.00 bits per heavy atom. The molecule has 0 aliphatic heterocycles. The number of rotatable bonds is 9. The molecule has 3 N–H and O–H groups in total. The summed E-state index contributed by atoms with van der Waals surface area (Å²) in [5.41, 5.74) is 0.253. The van der Waals surface area contributed by atoms with Crippen LogP contribution in [0.5, 0.6) is 5.75 Å². The van der Waals surface area contributed by atoms with Gasteiger partial charge in [-0.1, -0.05) is 51.2 Å². The average molecular weight is 345 g/mol. The molecule has 25 heavy (non-hydrogen) atoms. The number of fused-ring (bicyclic) bond motifs is 1. The predicted molar refractivity (Wildman–Crippen MR) is 100 cm³/mol. The summed E-state index contributed by atoms with van der Waals surface area (Å²) in [6, 6.07) is 9.60. The van der Waals surface area contributed by atoms with Gasteiger partial charge in [0.05, 0.1) is 5.56 Å². The number of carbonyl (C=O) groups is 2. The van der Waals surface area contributed by atoms with Gasteiger partial charge in [0.2, 0.25) is 6.41 Å². The smallest absolute Gasteiger partial charge is 0.335 e. The van der Waals surface area contributed by atoms with Crippen LogP contribution in [0.4, 0.5) is 0 Å². The minimum atomic E-state index is -0.944. The van der Waals surface area contributed by atoms with Crippen LogP contribution in [0, 0.1) is 0 Å².